The summed E-state index contributed by atoms with van der Waals surface area (Å²) in [5.41, 5.74) is 1.31. The van der Waals surface area contributed by atoms with E-state index >= 15 is 0 Å². The summed E-state index contributed by atoms with van der Waals surface area (Å²) in [6.45, 7) is 0. The van der Waals surface area contributed by atoms with Crippen LogP contribution in [0, 0.1) is 0 Å². The van der Waals surface area contributed by atoms with Gasteiger partial charge in [0.25, 0.3) is 5.91 Å². The second kappa shape index (κ2) is 6.67. The highest BCUT2D eigenvalue weighted by Gasteiger charge is 2.13. The number of carbonyl (C=O) groups is 1. The largest absolute Gasteiger partial charge is 0.497 e. The molecule has 0 unspecified atom stereocenters. The van der Waals surface area contributed by atoms with Crippen LogP contribution in [0.25, 0.3) is 10.2 Å². The van der Waals surface area contributed by atoms with E-state index in [0.29, 0.717) is 26.9 Å². The van der Waals surface area contributed by atoms with Crippen LogP contribution in [0.4, 0.5) is 0 Å². The molecule has 24 heavy (non-hydrogen) atoms. The number of amides is 1. The summed E-state index contributed by atoms with van der Waals surface area (Å²) in [4.78, 5) is 17.2. The molecule has 0 saturated carbocycles. The van der Waals surface area contributed by atoms with Crippen molar-refractivity contribution in [2.45, 2.75) is 0 Å². The summed E-state index contributed by atoms with van der Waals surface area (Å²) in [5.74, 6) is 1.05. The lowest BCUT2D eigenvalue weighted by Crippen LogP contribution is -2.13. The molecule has 0 radical (unpaired) electrons. The van der Waals surface area contributed by atoms with Gasteiger partial charge in [0, 0.05) is 12.6 Å². The van der Waals surface area contributed by atoms with E-state index in [-0.39, 0.29) is 5.91 Å². The van der Waals surface area contributed by atoms with Crippen molar-refractivity contribution in [2.24, 2.45) is 12.0 Å². The Labute approximate surface area is 147 Å². The normalized spacial score (nSPS) is 11.8. The summed E-state index contributed by atoms with van der Waals surface area (Å²) in [6.07, 6.45) is 0. The maximum Gasteiger partial charge on any atom is 0.279 e. The molecule has 0 atom stereocenters. The minimum atomic E-state index is -0.324. The number of benzene rings is 2. The molecule has 0 aliphatic carbocycles. The highest BCUT2D eigenvalue weighted by atomic mass is 35.5. The summed E-state index contributed by atoms with van der Waals surface area (Å²) < 4.78 is 13.1. The topological polar surface area (TPSA) is 52.8 Å². The number of halogens is 1. The Morgan fingerprint density at radius 1 is 1.12 bits per heavy atom. The monoisotopic (exact) mass is 362 g/mol. The van der Waals surface area contributed by atoms with Gasteiger partial charge in [0.05, 0.1) is 23.9 Å². The van der Waals surface area contributed by atoms with E-state index in [2.05, 4.69) is 4.99 Å². The zero-order chi connectivity index (χ0) is 17.3. The van der Waals surface area contributed by atoms with Crippen LogP contribution in [-0.2, 0) is 7.05 Å². The molecule has 2 aromatic carbocycles. The van der Waals surface area contributed by atoms with Gasteiger partial charge in [0.2, 0.25) is 0 Å². The third-order valence-corrected chi connectivity index (χ3v) is 5.21. The van der Waals surface area contributed by atoms with E-state index in [0.717, 1.165) is 10.2 Å². The molecule has 0 fully saturated rings. The predicted molar refractivity (Wildman–Crippen MR) is 95.2 cm³/mol. The number of ether oxygens (including phenoxy) is 2. The molecule has 1 heterocycles. The lowest BCUT2D eigenvalue weighted by atomic mass is 10.2. The maximum absolute atomic E-state index is 12.4. The molecule has 124 valence electrons. The molecule has 0 saturated heterocycles. The lowest BCUT2D eigenvalue weighted by molar-refractivity contribution is 0.0998. The second-order valence-corrected chi connectivity index (χ2v) is 6.40. The molecule has 7 heteroatoms. The Bertz CT molecular complexity index is 974. The van der Waals surface area contributed by atoms with Crippen molar-refractivity contribution < 1.29 is 14.3 Å². The molecule has 1 amide bonds. The Morgan fingerprint density at radius 3 is 2.46 bits per heavy atom. The fraction of sp³-hybridized carbons (Fsp3) is 0.176. The highest BCUT2D eigenvalue weighted by molar-refractivity contribution is 7.17. The van der Waals surface area contributed by atoms with Gasteiger partial charge in [-0.15, -0.1) is 0 Å². The van der Waals surface area contributed by atoms with Crippen LogP contribution in [-0.4, -0.2) is 24.7 Å². The van der Waals surface area contributed by atoms with E-state index in [4.69, 9.17) is 21.1 Å². The number of hydrogen-bond donors (Lipinski definition) is 0. The Hall–Kier alpha value is -2.31. The molecule has 3 aromatic rings. The number of nitrogens with zero attached hydrogens (tertiary/aromatic N) is 2. The number of aromatic nitrogens is 1. The van der Waals surface area contributed by atoms with Gasteiger partial charge in [-0.25, -0.2) is 0 Å². The van der Waals surface area contributed by atoms with Crippen LogP contribution in [0.2, 0.25) is 5.02 Å². The average Bonchev–Trinajstić information content (AvgIpc) is 2.93. The zero-order valence-corrected chi connectivity index (χ0v) is 14.9. The van der Waals surface area contributed by atoms with Crippen molar-refractivity contribution in [1.29, 1.82) is 0 Å². The third kappa shape index (κ3) is 2.90. The number of hydrogen-bond acceptors (Lipinski definition) is 4. The Kier molecular flexibility index (Phi) is 4.59. The van der Waals surface area contributed by atoms with Crippen LogP contribution in [0.5, 0.6) is 11.5 Å². The number of thiazole rings is 1. The van der Waals surface area contributed by atoms with Crippen LogP contribution >= 0.6 is 22.9 Å². The fourth-order valence-electron chi connectivity index (χ4n) is 2.35. The number of fused-ring (bicyclic) bond motifs is 1. The number of aryl methyl sites for hydroxylation is 1. The molecule has 0 bridgehead atoms. The van der Waals surface area contributed by atoms with Gasteiger partial charge in [0.15, 0.2) is 4.80 Å². The van der Waals surface area contributed by atoms with Crippen LogP contribution < -0.4 is 14.3 Å². The number of carbonyl (C=O) groups excluding carboxylic acids is 1. The van der Waals surface area contributed by atoms with E-state index in [1.165, 1.54) is 11.3 Å². The van der Waals surface area contributed by atoms with Crippen molar-refractivity contribution in [3.05, 3.63) is 51.8 Å². The van der Waals surface area contributed by atoms with E-state index < -0.39 is 0 Å². The van der Waals surface area contributed by atoms with Crippen molar-refractivity contribution >= 4 is 39.1 Å². The molecule has 0 aliphatic rings. The van der Waals surface area contributed by atoms with E-state index in [1.54, 1.807) is 50.6 Å². The molecule has 0 aliphatic heterocycles. The smallest absolute Gasteiger partial charge is 0.279 e. The van der Waals surface area contributed by atoms with Crippen molar-refractivity contribution in [3.63, 3.8) is 0 Å². The third-order valence-electron chi connectivity index (χ3n) is 3.62. The standard InChI is InChI=1S/C17H15ClN2O3S/c1-20-14-13(23-3)9-8-12(18)15(14)24-17(20)19-16(21)10-4-6-11(22-2)7-5-10/h4-9H,1-3H3. The summed E-state index contributed by atoms with van der Waals surface area (Å²) in [7, 11) is 5.01. The van der Waals surface area contributed by atoms with Gasteiger partial charge in [-0.3, -0.25) is 4.79 Å². The van der Waals surface area contributed by atoms with Crippen LogP contribution in [0.15, 0.2) is 41.4 Å². The molecule has 0 N–H and O–H groups in total. The summed E-state index contributed by atoms with van der Waals surface area (Å²) >= 11 is 7.61. The second-order valence-electron chi connectivity index (χ2n) is 5.02. The first-order valence-corrected chi connectivity index (χ1v) is 8.29. The van der Waals surface area contributed by atoms with E-state index in [1.807, 2.05) is 11.6 Å². The molecule has 5 nitrogen and oxygen atoms in total. The minimum absolute atomic E-state index is 0.324. The predicted octanol–water partition coefficient (Wildman–Crippen LogP) is 3.65. The fourth-order valence-corrected chi connectivity index (χ4v) is 3.65. The van der Waals surface area contributed by atoms with Crippen LogP contribution in [0.3, 0.4) is 0 Å². The first-order valence-electron chi connectivity index (χ1n) is 7.10. The molecular weight excluding hydrogens is 348 g/mol. The highest BCUT2D eigenvalue weighted by Crippen LogP contribution is 2.32. The van der Waals surface area contributed by atoms with Gasteiger partial charge in [-0.05, 0) is 36.4 Å². The van der Waals surface area contributed by atoms with Gasteiger partial charge in [-0.2, -0.15) is 4.99 Å². The Morgan fingerprint density at radius 2 is 1.83 bits per heavy atom. The molecule has 1 aromatic heterocycles. The van der Waals surface area contributed by atoms with Crippen molar-refractivity contribution in [2.75, 3.05) is 14.2 Å². The number of rotatable bonds is 3. The number of methoxy groups -OCH3 is 2. The molecular formula is C17H15ClN2O3S. The van der Waals surface area contributed by atoms with Gasteiger partial charge in [0.1, 0.15) is 17.0 Å². The van der Waals surface area contributed by atoms with E-state index in [9.17, 15) is 4.79 Å². The quantitative estimate of drug-likeness (QED) is 0.714. The first kappa shape index (κ1) is 16.5. The first-order chi connectivity index (χ1) is 11.5. The lowest BCUT2D eigenvalue weighted by Gasteiger charge is -2.04. The van der Waals surface area contributed by atoms with Crippen molar-refractivity contribution in [1.82, 2.24) is 4.57 Å². The van der Waals surface area contributed by atoms with Crippen LogP contribution in [0.1, 0.15) is 10.4 Å². The molecule has 0 spiro atoms. The maximum atomic E-state index is 12.4. The van der Waals surface area contributed by atoms with Gasteiger partial charge < -0.3 is 14.0 Å². The summed E-state index contributed by atoms with van der Waals surface area (Å²) in [6, 6.07) is 10.4. The SMILES string of the molecule is COc1ccc(C(=O)N=c2sc3c(Cl)ccc(OC)c3n2C)cc1. The van der Waals surface area contributed by atoms with Crippen molar-refractivity contribution in [3.8, 4) is 11.5 Å². The average molecular weight is 363 g/mol. The minimum Gasteiger partial charge on any atom is -0.497 e. The zero-order valence-electron chi connectivity index (χ0n) is 13.4. The molecule has 3 rings (SSSR count). The Balaban J connectivity index is 2.11. The summed E-state index contributed by atoms with van der Waals surface area (Å²) in [5, 5.41) is 0.602. The van der Waals surface area contributed by atoms with Gasteiger partial charge >= 0.3 is 0 Å². The van der Waals surface area contributed by atoms with Gasteiger partial charge in [-0.1, -0.05) is 22.9 Å².